The second-order valence-corrected chi connectivity index (χ2v) is 6.76. The van der Waals surface area contributed by atoms with Gasteiger partial charge in [0.1, 0.15) is 0 Å². The minimum absolute atomic E-state index is 0.0343. The Morgan fingerprint density at radius 2 is 1.29 bits per heavy atom. The average Bonchev–Trinajstić information content (AvgIpc) is 3.10. The van der Waals surface area contributed by atoms with Crippen molar-refractivity contribution in [3.8, 4) is 0 Å². The largest absolute Gasteiger partial charge is 0.276 e. The van der Waals surface area contributed by atoms with Crippen LogP contribution in [0.15, 0.2) is 90.5 Å². The van der Waals surface area contributed by atoms with Gasteiger partial charge >= 0.3 is 0 Å². The van der Waals surface area contributed by atoms with Gasteiger partial charge in [0.15, 0.2) is 0 Å². The summed E-state index contributed by atoms with van der Waals surface area (Å²) in [5.74, 6) is -0.300. The Balaban J connectivity index is 1.76. The van der Waals surface area contributed by atoms with Crippen molar-refractivity contribution in [1.29, 1.82) is 0 Å². The third kappa shape index (κ3) is 3.95. The molecular formula is C23H15N3O5. The van der Waals surface area contributed by atoms with E-state index in [1.807, 2.05) is 30.3 Å². The monoisotopic (exact) mass is 413 g/mol. The molecule has 1 aliphatic heterocycles. The molecule has 0 bridgehead atoms. The molecule has 0 saturated carbocycles. The number of anilines is 1. The molecular weight excluding hydrogens is 398 g/mol. The van der Waals surface area contributed by atoms with Gasteiger partial charge in [-0.05, 0) is 47.5 Å². The van der Waals surface area contributed by atoms with Crippen LogP contribution in [0.3, 0.4) is 0 Å². The van der Waals surface area contributed by atoms with Crippen molar-refractivity contribution in [3.63, 3.8) is 0 Å². The fourth-order valence-electron chi connectivity index (χ4n) is 3.29. The number of rotatable bonds is 5. The molecule has 0 radical (unpaired) electrons. The molecule has 1 heterocycles. The number of nitro benzene ring substituents is 2. The number of nitro groups is 2. The van der Waals surface area contributed by atoms with Crippen LogP contribution in [0.4, 0.5) is 17.1 Å². The van der Waals surface area contributed by atoms with Crippen LogP contribution in [-0.4, -0.2) is 15.8 Å². The Morgan fingerprint density at radius 3 is 1.84 bits per heavy atom. The lowest BCUT2D eigenvalue weighted by atomic mass is 10.1. The minimum atomic E-state index is -0.497. The summed E-state index contributed by atoms with van der Waals surface area (Å²) < 4.78 is 0. The van der Waals surface area contributed by atoms with Crippen molar-refractivity contribution in [1.82, 2.24) is 0 Å². The molecule has 0 aromatic heterocycles. The average molecular weight is 413 g/mol. The topological polar surface area (TPSA) is 107 Å². The van der Waals surface area contributed by atoms with Gasteiger partial charge in [0.25, 0.3) is 17.3 Å². The van der Waals surface area contributed by atoms with Crippen LogP contribution in [0.5, 0.6) is 0 Å². The van der Waals surface area contributed by atoms with E-state index in [0.717, 1.165) is 5.56 Å². The molecule has 0 spiro atoms. The fraction of sp³-hybridized carbons (Fsp3) is 0. The maximum Gasteiger partial charge on any atom is 0.269 e. The van der Waals surface area contributed by atoms with Crippen molar-refractivity contribution in [3.05, 3.63) is 122 Å². The van der Waals surface area contributed by atoms with Gasteiger partial charge in [-0.3, -0.25) is 29.9 Å². The Morgan fingerprint density at radius 1 is 0.742 bits per heavy atom. The molecule has 0 saturated heterocycles. The van der Waals surface area contributed by atoms with Gasteiger partial charge in [-0.15, -0.1) is 0 Å². The highest BCUT2D eigenvalue weighted by atomic mass is 16.6. The highest BCUT2D eigenvalue weighted by Gasteiger charge is 2.30. The number of carbonyl (C=O) groups is 1. The number of hydrogen-bond donors (Lipinski definition) is 0. The SMILES string of the molecule is O=C1/C(=C/c2ccc([N+](=O)[O-])cc2)C=C(c2ccccc2)N1c1ccc([N+](=O)[O-])cc1. The van der Waals surface area contributed by atoms with Gasteiger partial charge in [0.05, 0.1) is 15.5 Å². The predicted octanol–water partition coefficient (Wildman–Crippen LogP) is 4.97. The van der Waals surface area contributed by atoms with Crippen molar-refractivity contribution in [2.24, 2.45) is 0 Å². The van der Waals surface area contributed by atoms with E-state index in [4.69, 9.17) is 0 Å². The van der Waals surface area contributed by atoms with Crippen LogP contribution in [0, 0.1) is 20.2 Å². The molecule has 3 aromatic rings. The van der Waals surface area contributed by atoms with Crippen molar-refractivity contribution in [2.75, 3.05) is 4.90 Å². The molecule has 8 nitrogen and oxygen atoms in total. The van der Waals surface area contributed by atoms with Crippen molar-refractivity contribution in [2.45, 2.75) is 0 Å². The van der Waals surface area contributed by atoms with Gasteiger partial charge in [-0.25, -0.2) is 0 Å². The smallest absolute Gasteiger partial charge is 0.269 e. The van der Waals surface area contributed by atoms with Crippen molar-refractivity contribution < 1.29 is 14.6 Å². The molecule has 0 fully saturated rings. The van der Waals surface area contributed by atoms with E-state index in [0.29, 0.717) is 22.5 Å². The second-order valence-electron chi connectivity index (χ2n) is 6.76. The molecule has 0 aliphatic carbocycles. The van der Waals surface area contributed by atoms with E-state index in [2.05, 4.69) is 0 Å². The molecule has 8 heteroatoms. The normalized spacial score (nSPS) is 14.6. The van der Waals surface area contributed by atoms with Crippen LogP contribution in [0.25, 0.3) is 11.8 Å². The Kier molecular flexibility index (Phi) is 5.11. The molecule has 31 heavy (non-hydrogen) atoms. The summed E-state index contributed by atoms with van der Waals surface area (Å²) in [7, 11) is 0. The highest BCUT2D eigenvalue weighted by molar-refractivity contribution is 6.23. The molecule has 0 unspecified atom stereocenters. The van der Waals surface area contributed by atoms with Crippen LogP contribution in [0.2, 0.25) is 0 Å². The number of nitrogens with zero attached hydrogens (tertiary/aromatic N) is 3. The van der Waals surface area contributed by atoms with Gasteiger partial charge in [-0.1, -0.05) is 30.3 Å². The number of hydrogen-bond acceptors (Lipinski definition) is 5. The first-order valence-corrected chi connectivity index (χ1v) is 9.26. The summed E-state index contributed by atoms with van der Waals surface area (Å²) in [6.07, 6.45) is 3.39. The van der Waals surface area contributed by atoms with Crippen LogP contribution in [0.1, 0.15) is 11.1 Å². The summed E-state index contributed by atoms with van der Waals surface area (Å²) in [5.41, 5.74) is 2.87. The Labute approximate surface area is 176 Å². The Bertz CT molecular complexity index is 1230. The maximum absolute atomic E-state index is 13.3. The van der Waals surface area contributed by atoms with E-state index in [9.17, 15) is 25.0 Å². The molecule has 152 valence electrons. The van der Waals surface area contributed by atoms with E-state index < -0.39 is 9.85 Å². The van der Waals surface area contributed by atoms with E-state index in [1.165, 1.54) is 41.3 Å². The molecule has 1 amide bonds. The number of amides is 1. The third-order valence-electron chi connectivity index (χ3n) is 4.80. The summed E-state index contributed by atoms with van der Waals surface area (Å²) >= 11 is 0. The van der Waals surface area contributed by atoms with Crippen LogP contribution >= 0.6 is 0 Å². The predicted molar refractivity (Wildman–Crippen MR) is 116 cm³/mol. The second kappa shape index (κ2) is 8.03. The number of benzene rings is 3. The first-order valence-electron chi connectivity index (χ1n) is 9.26. The molecule has 0 N–H and O–H groups in total. The maximum atomic E-state index is 13.3. The van der Waals surface area contributed by atoms with Crippen LogP contribution < -0.4 is 4.90 Å². The van der Waals surface area contributed by atoms with Crippen LogP contribution in [-0.2, 0) is 4.79 Å². The minimum Gasteiger partial charge on any atom is -0.276 e. The van der Waals surface area contributed by atoms with Gasteiger partial charge in [0, 0.05) is 35.5 Å². The third-order valence-corrected chi connectivity index (χ3v) is 4.80. The fourth-order valence-corrected chi connectivity index (χ4v) is 3.29. The van der Waals surface area contributed by atoms with E-state index in [-0.39, 0.29) is 17.3 Å². The highest BCUT2D eigenvalue weighted by Crippen LogP contribution is 2.35. The van der Waals surface area contributed by atoms with E-state index in [1.54, 1.807) is 24.3 Å². The molecule has 4 rings (SSSR count). The molecule has 3 aromatic carbocycles. The Hall–Kier alpha value is -4.59. The number of non-ortho nitro benzene ring substituents is 2. The zero-order valence-electron chi connectivity index (χ0n) is 16.0. The number of carbonyl (C=O) groups excluding carboxylic acids is 1. The lowest BCUT2D eigenvalue weighted by Gasteiger charge is -2.20. The summed E-state index contributed by atoms with van der Waals surface area (Å²) in [5, 5.41) is 21.8. The van der Waals surface area contributed by atoms with E-state index >= 15 is 0 Å². The van der Waals surface area contributed by atoms with Crippen molar-refractivity contribution >= 4 is 34.7 Å². The quantitative estimate of drug-likeness (QED) is 0.333. The summed E-state index contributed by atoms with van der Waals surface area (Å²) in [6.45, 7) is 0. The lowest BCUT2D eigenvalue weighted by Crippen LogP contribution is -2.24. The zero-order chi connectivity index (χ0) is 22.0. The summed E-state index contributed by atoms with van der Waals surface area (Å²) in [6, 6.07) is 21.0. The van der Waals surface area contributed by atoms with Gasteiger partial charge in [0.2, 0.25) is 0 Å². The van der Waals surface area contributed by atoms with Gasteiger partial charge < -0.3 is 0 Å². The zero-order valence-corrected chi connectivity index (χ0v) is 16.0. The standard InChI is InChI=1S/C23H15N3O5/c27-23-18(14-16-6-8-20(9-7-16)25(28)29)15-22(17-4-2-1-3-5-17)24(23)19-10-12-21(13-11-19)26(30)31/h1-15H/b18-14+. The first kappa shape index (κ1) is 19.7. The lowest BCUT2D eigenvalue weighted by molar-refractivity contribution is -0.385. The molecule has 0 atom stereocenters. The summed E-state index contributed by atoms with van der Waals surface area (Å²) in [4.78, 5) is 35.6. The first-order chi connectivity index (χ1) is 14.9. The van der Waals surface area contributed by atoms with Gasteiger partial charge in [-0.2, -0.15) is 0 Å². The molecule has 1 aliphatic rings.